The number of anilines is 1. The molecule has 2 aliphatic heterocycles. The van der Waals surface area contributed by atoms with Crippen LogP contribution in [0.5, 0.6) is 0 Å². The average Bonchev–Trinajstić information content (AvgIpc) is 2.67. The van der Waals surface area contributed by atoms with Crippen LogP contribution in [-0.4, -0.2) is 41.6 Å². The van der Waals surface area contributed by atoms with Crippen molar-refractivity contribution in [2.24, 2.45) is 0 Å². The number of amides is 2. The van der Waals surface area contributed by atoms with E-state index in [0.29, 0.717) is 31.1 Å². The van der Waals surface area contributed by atoms with Crippen LogP contribution in [-0.2, 0) is 11.2 Å². The van der Waals surface area contributed by atoms with E-state index in [1.807, 2.05) is 6.07 Å². The lowest BCUT2D eigenvalue weighted by Gasteiger charge is -2.21. The van der Waals surface area contributed by atoms with Crippen molar-refractivity contribution in [1.82, 2.24) is 4.90 Å². The lowest BCUT2D eigenvalue weighted by atomic mass is 9.95. The molecule has 6 heteroatoms. The standard InChI is InChI=1S/C14H15ClN2O3/c1-8(18)17-7-10-6-16(14(19)20)5-4-9-2-3-11(15)13(17)12(9)10/h2-3,10H,4-7H2,1H3,(H,19,20)/t10-/m0/s1. The van der Waals surface area contributed by atoms with Gasteiger partial charge in [0.1, 0.15) is 0 Å². The highest BCUT2D eigenvalue weighted by Gasteiger charge is 2.38. The molecule has 1 atom stereocenters. The van der Waals surface area contributed by atoms with E-state index in [1.165, 1.54) is 11.8 Å². The zero-order valence-corrected chi connectivity index (χ0v) is 11.9. The highest BCUT2D eigenvalue weighted by atomic mass is 35.5. The third-order valence-corrected chi connectivity index (χ3v) is 4.39. The van der Waals surface area contributed by atoms with Crippen LogP contribution in [0.2, 0.25) is 5.02 Å². The van der Waals surface area contributed by atoms with E-state index in [2.05, 4.69) is 0 Å². The van der Waals surface area contributed by atoms with Crippen molar-refractivity contribution in [3.63, 3.8) is 0 Å². The zero-order valence-electron chi connectivity index (χ0n) is 11.1. The Hall–Kier alpha value is -1.75. The van der Waals surface area contributed by atoms with Gasteiger partial charge in [-0.2, -0.15) is 0 Å². The molecular weight excluding hydrogens is 280 g/mol. The van der Waals surface area contributed by atoms with Gasteiger partial charge in [0.2, 0.25) is 5.91 Å². The monoisotopic (exact) mass is 294 g/mol. The van der Waals surface area contributed by atoms with Gasteiger partial charge >= 0.3 is 6.09 Å². The van der Waals surface area contributed by atoms with Crippen LogP contribution in [0.15, 0.2) is 12.1 Å². The fourth-order valence-electron chi connectivity index (χ4n) is 3.20. The van der Waals surface area contributed by atoms with E-state index in [9.17, 15) is 14.7 Å². The van der Waals surface area contributed by atoms with Gasteiger partial charge in [-0.15, -0.1) is 0 Å². The molecule has 0 aliphatic carbocycles. The molecule has 0 aromatic heterocycles. The maximum absolute atomic E-state index is 11.8. The number of rotatable bonds is 0. The second-order valence-electron chi connectivity index (χ2n) is 5.27. The first-order valence-electron chi connectivity index (χ1n) is 6.56. The number of carboxylic acid groups (broad SMARTS) is 1. The van der Waals surface area contributed by atoms with Gasteiger partial charge in [0.15, 0.2) is 0 Å². The van der Waals surface area contributed by atoms with Crippen molar-refractivity contribution < 1.29 is 14.7 Å². The number of carbonyl (C=O) groups is 2. The molecule has 3 rings (SSSR count). The summed E-state index contributed by atoms with van der Waals surface area (Å²) < 4.78 is 0. The second-order valence-corrected chi connectivity index (χ2v) is 5.68. The van der Waals surface area contributed by atoms with E-state index >= 15 is 0 Å². The first-order chi connectivity index (χ1) is 9.49. The van der Waals surface area contributed by atoms with Crippen LogP contribution in [0.4, 0.5) is 10.5 Å². The van der Waals surface area contributed by atoms with Crippen molar-refractivity contribution in [2.45, 2.75) is 19.3 Å². The summed E-state index contributed by atoms with van der Waals surface area (Å²) in [4.78, 5) is 26.1. The molecule has 0 bridgehead atoms. The van der Waals surface area contributed by atoms with Crippen molar-refractivity contribution in [2.75, 3.05) is 24.5 Å². The third kappa shape index (κ3) is 1.93. The maximum Gasteiger partial charge on any atom is 0.407 e. The van der Waals surface area contributed by atoms with Gasteiger partial charge in [0, 0.05) is 32.5 Å². The summed E-state index contributed by atoms with van der Waals surface area (Å²) in [5.74, 6) is -0.0450. The van der Waals surface area contributed by atoms with Gasteiger partial charge in [-0.1, -0.05) is 17.7 Å². The molecule has 0 saturated carbocycles. The highest BCUT2D eigenvalue weighted by molar-refractivity contribution is 6.34. The zero-order chi connectivity index (χ0) is 14.4. The topological polar surface area (TPSA) is 60.9 Å². The summed E-state index contributed by atoms with van der Waals surface area (Å²) in [6, 6.07) is 3.74. The molecule has 106 valence electrons. The van der Waals surface area contributed by atoms with Crippen molar-refractivity contribution in [1.29, 1.82) is 0 Å². The van der Waals surface area contributed by atoms with Gasteiger partial charge in [0.25, 0.3) is 0 Å². The third-order valence-electron chi connectivity index (χ3n) is 4.08. The van der Waals surface area contributed by atoms with Gasteiger partial charge in [-0.3, -0.25) is 4.79 Å². The summed E-state index contributed by atoms with van der Waals surface area (Å²) in [5.41, 5.74) is 2.92. The molecule has 0 fully saturated rings. The smallest absolute Gasteiger partial charge is 0.407 e. The Bertz CT molecular complexity index is 602. The lowest BCUT2D eigenvalue weighted by molar-refractivity contribution is -0.116. The molecule has 0 saturated heterocycles. The quantitative estimate of drug-likeness (QED) is 0.799. The molecule has 2 aliphatic rings. The van der Waals surface area contributed by atoms with E-state index in [1.54, 1.807) is 11.0 Å². The molecule has 1 aromatic carbocycles. The first-order valence-corrected chi connectivity index (χ1v) is 6.94. The number of carbonyl (C=O) groups excluding carboxylic acids is 1. The molecule has 1 aromatic rings. The van der Waals surface area contributed by atoms with Gasteiger partial charge in [-0.25, -0.2) is 4.79 Å². The first kappa shape index (κ1) is 13.2. The molecule has 1 N–H and O–H groups in total. The van der Waals surface area contributed by atoms with E-state index in [4.69, 9.17) is 11.6 Å². The Balaban J connectivity index is 2.10. The summed E-state index contributed by atoms with van der Waals surface area (Å²) in [7, 11) is 0. The number of nitrogens with zero attached hydrogens (tertiary/aromatic N) is 2. The van der Waals surface area contributed by atoms with Gasteiger partial charge in [-0.05, 0) is 23.6 Å². The number of hydrogen-bond acceptors (Lipinski definition) is 2. The fourth-order valence-corrected chi connectivity index (χ4v) is 3.46. The molecule has 0 unspecified atom stereocenters. The van der Waals surface area contributed by atoms with Crippen molar-refractivity contribution in [3.05, 3.63) is 28.3 Å². The average molecular weight is 295 g/mol. The normalized spacial score (nSPS) is 20.6. The Morgan fingerprint density at radius 1 is 1.35 bits per heavy atom. The Morgan fingerprint density at radius 2 is 2.10 bits per heavy atom. The predicted molar refractivity (Wildman–Crippen MR) is 75.5 cm³/mol. The second kappa shape index (κ2) is 4.66. The SMILES string of the molecule is CC(=O)N1C[C@@H]2CN(C(=O)O)CCc3ccc(Cl)c1c32. The number of hydrogen-bond donors (Lipinski definition) is 1. The number of benzene rings is 1. The number of halogens is 1. The van der Waals surface area contributed by atoms with E-state index in [-0.39, 0.29) is 11.8 Å². The van der Waals surface area contributed by atoms with Crippen molar-refractivity contribution in [3.8, 4) is 0 Å². The minimum absolute atomic E-state index is 0.0150. The predicted octanol–water partition coefficient (Wildman–Crippen LogP) is 2.33. The van der Waals surface area contributed by atoms with Crippen LogP contribution < -0.4 is 4.90 Å². The maximum atomic E-state index is 11.8. The van der Waals surface area contributed by atoms with Crippen LogP contribution in [0, 0.1) is 0 Å². The molecule has 0 radical (unpaired) electrons. The molecule has 5 nitrogen and oxygen atoms in total. The fraction of sp³-hybridized carbons (Fsp3) is 0.429. The molecule has 0 spiro atoms. The summed E-state index contributed by atoms with van der Waals surface area (Å²) in [6.07, 6.45) is -0.250. The van der Waals surface area contributed by atoms with Crippen LogP contribution >= 0.6 is 11.6 Å². The van der Waals surface area contributed by atoms with Crippen LogP contribution in [0.25, 0.3) is 0 Å². The largest absolute Gasteiger partial charge is 0.465 e. The minimum atomic E-state index is -0.910. The van der Waals surface area contributed by atoms with E-state index in [0.717, 1.165) is 16.8 Å². The summed E-state index contributed by atoms with van der Waals surface area (Å²) in [6.45, 7) is 2.92. The Morgan fingerprint density at radius 3 is 2.75 bits per heavy atom. The molecule has 2 amide bonds. The van der Waals surface area contributed by atoms with Crippen molar-refractivity contribution >= 4 is 29.3 Å². The van der Waals surface area contributed by atoms with Crippen LogP contribution in [0.3, 0.4) is 0 Å². The van der Waals surface area contributed by atoms with E-state index < -0.39 is 6.09 Å². The molecule has 2 heterocycles. The van der Waals surface area contributed by atoms with Gasteiger partial charge in [0.05, 0.1) is 10.7 Å². The Kier molecular flexibility index (Phi) is 3.09. The molecule has 20 heavy (non-hydrogen) atoms. The summed E-state index contributed by atoms with van der Waals surface area (Å²) >= 11 is 6.26. The lowest BCUT2D eigenvalue weighted by Crippen LogP contribution is -2.36. The molecular formula is C14H15ClN2O3. The summed E-state index contributed by atoms with van der Waals surface area (Å²) in [5, 5.41) is 9.78. The van der Waals surface area contributed by atoms with Gasteiger partial charge < -0.3 is 14.9 Å². The Labute approximate surface area is 121 Å². The van der Waals surface area contributed by atoms with Crippen LogP contribution in [0.1, 0.15) is 24.0 Å². The minimum Gasteiger partial charge on any atom is -0.465 e. The highest BCUT2D eigenvalue weighted by Crippen LogP contribution is 2.45.